The van der Waals surface area contributed by atoms with Crippen molar-refractivity contribution < 1.29 is 9.47 Å². The Hall–Kier alpha value is -2.58. The van der Waals surface area contributed by atoms with Crippen LogP contribution >= 0.6 is 15.9 Å². The smallest absolute Gasteiger partial charge is 0.216 e. The van der Waals surface area contributed by atoms with Gasteiger partial charge in [-0.2, -0.15) is 5.26 Å². The van der Waals surface area contributed by atoms with Gasteiger partial charge in [-0.05, 0) is 60.7 Å². The van der Waals surface area contributed by atoms with Crippen LogP contribution in [0.5, 0.6) is 11.6 Å². The molecule has 0 spiro atoms. The number of aromatic nitrogens is 1. The van der Waals surface area contributed by atoms with E-state index >= 15 is 0 Å². The second-order valence-electron chi connectivity index (χ2n) is 7.69. The highest BCUT2D eigenvalue weighted by molar-refractivity contribution is 9.10. The molecule has 1 aliphatic heterocycles. The van der Waals surface area contributed by atoms with Crippen molar-refractivity contribution in [3.05, 3.63) is 63.1 Å². The summed E-state index contributed by atoms with van der Waals surface area (Å²) < 4.78 is 12.4. The van der Waals surface area contributed by atoms with Gasteiger partial charge in [0, 0.05) is 21.8 Å². The van der Waals surface area contributed by atoms with Gasteiger partial charge in [-0.15, -0.1) is 0 Å². The molecule has 3 aromatic rings. The number of aryl methyl sites for hydroxylation is 1. The van der Waals surface area contributed by atoms with Gasteiger partial charge < -0.3 is 9.47 Å². The fourth-order valence-electron chi connectivity index (χ4n) is 4.03. The molecule has 0 aliphatic carbocycles. The number of ether oxygens (including phenoxy) is 2. The number of hydrogen-bond donors (Lipinski definition) is 0. The topological polar surface area (TPSA) is 55.1 Å². The van der Waals surface area contributed by atoms with Gasteiger partial charge in [0.1, 0.15) is 5.75 Å². The summed E-state index contributed by atoms with van der Waals surface area (Å²) in [4.78, 5) is 4.69. The van der Waals surface area contributed by atoms with Crippen LogP contribution in [0.4, 0.5) is 0 Å². The van der Waals surface area contributed by atoms with Crippen LogP contribution in [-0.2, 0) is 24.7 Å². The van der Waals surface area contributed by atoms with E-state index in [4.69, 9.17) is 9.47 Å². The van der Waals surface area contributed by atoms with E-state index < -0.39 is 5.41 Å². The van der Waals surface area contributed by atoms with Gasteiger partial charge >= 0.3 is 0 Å². The Morgan fingerprint density at radius 3 is 2.79 bits per heavy atom. The van der Waals surface area contributed by atoms with Gasteiger partial charge in [-0.1, -0.05) is 35.0 Å². The largest absolute Gasteiger partial charge is 0.493 e. The predicted octanol–water partition coefficient (Wildman–Crippen LogP) is 5.53. The first-order valence-corrected chi connectivity index (χ1v) is 10.6. The lowest BCUT2D eigenvalue weighted by molar-refractivity contribution is 0.351. The molecule has 0 radical (unpaired) electrons. The average molecular weight is 451 g/mol. The molecule has 0 fully saturated rings. The third-order valence-corrected chi connectivity index (χ3v) is 6.14. The number of methoxy groups -OCH3 is 1. The molecule has 0 saturated heterocycles. The monoisotopic (exact) mass is 450 g/mol. The molecule has 0 amide bonds. The molecule has 1 aliphatic rings. The first kappa shape index (κ1) is 19.7. The zero-order valence-electron chi connectivity index (χ0n) is 16.9. The average Bonchev–Trinajstić information content (AvgIpc) is 3.20. The number of nitriles is 1. The Kier molecular flexibility index (Phi) is 5.23. The van der Waals surface area contributed by atoms with E-state index in [2.05, 4.69) is 52.1 Å². The highest BCUT2D eigenvalue weighted by Crippen LogP contribution is 2.38. The Bertz CT molecular complexity index is 1140. The van der Waals surface area contributed by atoms with Crippen LogP contribution in [0.1, 0.15) is 36.1 Å². The van der Waals surface area contributed by atoms with Crippen molar-refractivity contribution in [2.24, 2.45) is 0 Å². The highest BCUT2D eigenvalue weighted by atomic mass is 79.9. The van der Waals surface area contributed by atoms with E-state index in [1.54, 1.807) is 7.11 Å². The van der Waals surface area contributed by atoms with Gasteiger partial charge in [0.05, 0.1) is 30.7 Å². The van der Waals surface area contributed by atoms with Crippen molar-refractivity contribution in [3.63, 3.8) is 0 Å². The first-order chi connectivity index (χ1) is 14.0. The molecule has 1 aromatic heterocycles. The number of fused-ring (bicyclic) bond motifs is 2. The standard InChI is InChI=1S/C24H23BrN2O2/c1-4-15-9-16-5-6-19(12-21(16)27-23(15)28-3)24(2,14-26)13-18-11-20(25)10-17-7-8-29-22(17)18/h5-6,9-12H,4,7-8,13H2,1-3H3. The molecule has 4 nitrogen and oxygen atoms in total. The highest BCUT2D eigenvalue weighted by Gasteiger charge is 2.30. The molecule has 2 heterocycles. The lowest BCUT2D eigenvalue weighted by atomic mass is 9.78. The van der Waals surface area contributed by atoms with Crippen molar-refractivity contribution in [1.29, 1.82) is 5.26 Å². The minimum Gasteiger partial charge on any atom is -0.493 e. The van der Waals surface area contributed by atoms with Gasteiger partial charge in [0.15, 0.2) is 0 Å². The molecule has 5 heteroatoms. The van der Waals surface area contributed by atoms with E-state index in [0.717, 1.165) is 50.7 Å². The van der Waals surface area contributed by atoms with Gasteiger partial charge in [0.2, 0.25) is 5.88 Å². The summed E-state index contributed by atoms with van der Waals surface area (Å²) in [7, 11) is 1.64. The Morgan fingerprint density at radius 1 is 1.24 bits per heavy atom. The molecular weight excluding hydrogens is 428 g/mol. The Balaban J connectivity index is 1.77. The molecule has 29 heavy (non-hydrogen) atoms. The van der Waals surface area contributed by atoms with Gasteiger partial charge in [0.25, 0.3) is 0 Å². The number of benzene rings is 2. The molecule has 4 rings (SSSR count). The van der Waals surface area contributed by atoms with Crippen molar-refractivity contribution in [1.82, 2.24) is 4.98 Å². The molecule has 0 N–H and O–H groups in total. The van der Waals surface area contributed by atoms with Crippen LogP contribution in [-0.4, -0.2) is 18.7 Å². The molecule has 0 saturated carbocycles. The van der Waals surface area contributed by atoms with Crippen LogP contribution in [0.25, 0.3) is 10.9 Å². The third kappa shape index (κ3) is 3.58. The molecule has 2 aromatic carbocycles. The number of nitrogens with zero attached hydrogens (tertiary/aromatic N) is 2. The van der Waals surface area contributed by atoms with E-state index in [1.165, 1.54) is 5.56 Å². The fourth-order valence-corrected chi connectivity index (χ4v) is 4.58. The van der Waals surface area contributed by atoms with E-state index in [0.29, 0.717) is 18.9 Å². The number of hydrogen-bond acceptors (Lipinski definition) is 4. The number of pyridine rings is 1. The second-order valence-corrected chi connectivity index (χ2v) is 8.61. The SMILES string of the molecule is CCc1cc2ccc(C(C)(C#N)Cc3cc(Br)cc4c3OCC4)cc2nc1OC. The minimum absolute atomic E-state index is 0.570. The maximum absolute atomic E-state index is 10.1. The molecule has 1 unspecified atom stereocenters. The zero-order valence-corrected chi connectivity index (χ0v) is 18.5. The van der Waals surface area contributed by atoms with E-state index in [-0.39, 0.29) is 0 Å². The zero-order chi connectivity index (χ0) is 20.6. The summed E-state index contributed by atoms with van der Waals surface area (Å²) in [5, 5.41) is 11.2. The lowest BCUT2D eigenvalue weighted by Crippen LogP contribution is -2.23. The van der Waals surface area contributed by atoms with Crippen LogP contribution in [0.3, 0.4) is 0 Å². The minimum atomic E-state index is -0.701. The van der Waals surface area contributed by atoms with Gasteiger partial charge in [-0.25, -0.2) is 4.98 Å². The van der Waals surface area contributed by atoms with Gasteiger partial charge in [-0.3, -0.25) is 0 Å². The summed E-state index contributed by atoms with van der Waals surface area (Å²) in [6, 6.07) is 14.9. The molecular formula is C24H23BrN2O2. The summed E-state index contributed by atoms with van der Waals surface area (Å²) in [5.41, 5.74) is 4.42. The lowest BCUT2D eigenvalue weighted by Gasteiger charge is -2.24. The molecule has 1 atom stereocenters. The van der Waals surface area contributed by atoms with Crippen LogP contribution < -0.4 is 9.47 Å². The Morgan fingerprint density at radius 2 is 2.07 bits per heavy atom. The number of rotatable bonds is 5. The number of halogens is 1. The van der Waals surface area contributed by atoms with Crippen molar-refractivity contribution in [2.75, 3.05) is 13.7 Å². The molecule has 0 bridgehead atoms. The summed E-state index contributed by atoms with van der Waals surface area (Å²) >= 11 is 3.60. The maximum Gasteiger partial charge on any atom is 0.216 e. The van der Waals surface area contributed by atoms with Crippen molar-refractivity contribution in [3.8, 4) is 17.7 Å². The summed E-state index contributed by atoms with van der Waals surface area (Å²) in [6.07, 6.45) is 2.34. The van der Waals surface area contributed by atoms with E-state index in [9.17, 15) is 5.26 Å². The van der Waals surface area contributed by atoms with E-state index in [1.807, 2.05) is 25.1 Å². The van der Waals surface area contributed by atoms with Crippen LogP contribution in [0.15, 0.2) is 40.9 Å². The predicted molar refractivity (Wildman–Crippen MR) is 118 cm³/mol. The molecule has 148 valence electrons. The van der Waals surface area contributed by atoms with Crippen molar-refractivity contribution >= 4 is 26.8 Å². The van der Waals surface area contributed by atoms with Crippen LogP contribution in [0.2, 0.25) is 0 Å². The van der Waals surface area contributed by atoms with Crippen molar-refractivity contribution in [2.45, 2.75) is 38.5 Å². The maximum atomic E-state index is 10.1. The fraction of sp³-hybridized carbons (Fsp3) is 0.333. The summed E-state index contributed by atoms with van der Waals surface area (Å²) in [6.45, 7) is 4.76. The van der Waals surface area contributed by atoms with Crippen LogP contribution in [0, 0.1) is 11.3 Å². The Labute approximate surface area is 179 Å². The second kappa shape index (κ2) is 7.68. The third-order valence-electron chi connectivity index (χ3n) is 5.68. The quantitative estimate of drug-likeness (QED) is 0.512. The summed E-state index contributed by atoms with van der Waals surface area (Å²) in [5.74, 6) is 1.58. The normalized spacial score (nSPS) is 14.7. The first-order valence-electron chi connectivity index (χ1n) is 9.81.